The molecule has 19 heavy (non-hydrogen) atoms. The van der Waals surface area contributed by atoms with Gasteiger partial charge in [-0.2, -0.15) is 0 Å². The standard InChI is InChI=1S/C15H18F2N2/c1-2-13(18)9-14-4-3-7-19(14)10-11-8-12(16)5-6-15(11)17/h3-8,13H,2,9-10,18H2,1H3. The van der Waals surface area contributed by atoms with Crippen LogP contribution in [0, 0.1) is 11.6 Å². The minimum atomic E-state index is -0.421. The zero-order valence-electron chi connectivity index (χ0n) is 10.9. The molecule has 0 bridgehead atoms. The smallest absolute Gasteiger partial charge is 0.128 e. The van der Waals surface area contributed by atoms with Gasteiger partial charge in [0.05, 0.1) is 6.54 Å². The normalized spacial score (nSPS) is 12.6. The fourth-order valence-corrected chi connectivity index (χ4v) is 2.05. The minimum absolute atomic E-state index is 0.0889. The Bertz CT molecular complexity index is 549. The lowest BCUT2D eigenvalue weighted by Gasteiger charge is -2.13. The number of nitrogens with two attached hydrogens (primary N) is 1. The molecule has 2 rings (SSSR count). The van der Waals surface area contributed by atoms with E-state index < -0.39 is 5.82 Å². The molecule has 1 aromatic carbocycles. The van der Waals surface area contributed by atoms with Gasteiger partial charge in [0.2, 0.25) is 0 Å². The van der Waals surface area contributed by atoms with Gasteiger partial charge in [-0.3, -0.25) is 0 Å². The molecular formula is C15H18F2N2. The van der Waals surface area contributed by atoms with E-state index >= 15 is 0 Å². The SMILES string of the molecule is CCC(N)Cc1cccn1Cc1cc(F)ccc1F. The highest BCUT2D eigenvalue weighted by atomic mass is 19.1. The van der Waals surface area contributed by atoms with Crippen LogP contribution in [0.4, 0.5) is 8.78 Å². The molecule has 2 N–H and O–H groups in total. The van der Waals surface area contributed by atoms with Gasteiger partial charge in [0.1, 0.15) is 11.6 Å². The second-order valence-corrected chi connectivity index (χ2v) is 4.74. The van der Waals surface area contributed by atoms with Gasteiger partial charge in [0.15, 0.2) is 0 Å². The molecule has 0 fully saturated rings. The first-order valence-electron chi connectivity index (χ1n) is 6.43. The number of rotatable bonds is 5. The van der Waals surface area contributed by atoms with Crippen molar-refractivity contribution in [3.05, 3.63) is 59.4 Å². The molecule has 0 aliphatic heterocycles. The summed E-state index contributed by atoms with van der Waals surface area (Å²) >= 11 is 0. The largest absolute Gasteiger partial charge is 0.347 e. The molecular weight excluding hydrogens is 246 g/mol. The molecule has 0 amide bonds. The molecule has 0 saturated carbocycles. The summed E-state index contributed by atoms with van der Waals surface area (Å²) in [5.41, 5.74) is 7.32. The van der Waals surface area contributed by atoms with Crippen LogP contribution >= 0.6 is 0 Å². The van der Waals surface area contributed by atoms with E-state index in [0.29, 0.717) is 12.1 Å². The van der Waals surface area contributed by atoms with E-state index in [1.54, 1.807) is 0 Å². The molecule has 1 unspecified atom stereocenters. The molecule has 2 aromatic rings. The number of nitrogens with zero attached hydrogens (tertiary/aromatic N) is 1. The van der Waals surface area contributed by atoms with Crippen LogP contribution in [0.15, 0.2) is 36.5 Å². The molecule has 0 radical (unpaired) electrons. The highest BCUT2D eigenvalue weighted by molar-refractivity contribution is 5.21. The second kappa shape index (κ2) is 5.97. The van der Waals surface area contributed by atoms with Crippen LogP contribution in [0.1, 0.15) is 24.6 Å². The van der Waals surface area contributed by atoms with Crippen molar-refractivity contribution >= 4 is 0 Å². The number of hydrogen-bond donors (Lipinski definition) is 1. The van der Waals surface area contributed by atoms with Crippen molar-refractivity contribution in [2.24, 2.45) is 5.73 Å². The van der Waals surface area contributed by atoms with E-state index in [9.17, 15) is 8.78 Å². The van der Waals surface area contributed by atoms with Crippen LogP contribution in [-0.2, 0) is 13.0 Å². The molecule has 0 aliphatic rings. The summed E-state index contributed by atoms with van der Waals surface area (Å²) in [5, 5.41) is 0. The van der Waals surface area contributed by atoms with Crippen molar-refractivity contribution in [2.75, 3.05) is 0 Å². The molecule has 102 valence electrons. The van der Waals surface area contributed by atoms with E-state index in [1.807, 2.05) is 29.8 Å². The average molecular weight is 264 g/mol. The van der Waals surface area contributed by atoms with E-state index in [2.05, 4.69) is 0 Å². The maximum absolute atomic E-state index is 13.6. The fraction of sp³-hybridized carbons (Fsp3) is 0.333. The van der Waals surface area contributed by atoms with Gasteiger partial charge in [0, 0.05) is 29.9 Å². The zero-order chi connectivity index (χ0) is 13.8. The predicted molar refractivity (Wildman–Crippen MR) is 71.9 cm³/mol. The first kappa shape index (κ1) is 13.7. The van der Waals surface area contributed by atoms with Gasteiger partial charge < -0.3 is 10.3 Å². The lowest BCUT2D eigenvalue weighted by Crippen LogP contribution is -2.23. The number of benzene rings is 1. The highest BCUT2D eigenvalue weighted by Crippen LogP contribution is 2.14. The quantitative estimate of drug-likeness (QED) is 0.884. The van der Waals surface area contributed by atoms with Crippen molar-refractivity contribution < 1.29 is 8.78 Å². The molecule has 1 atom stereocenters. The lowest BCUT2D eigenvalue weighted by atomic mass is 10.1. The van der Waals surface area contributed by atoms with Crippen molar-refractivity contribution in [3.63, 3.8) is 0 Å². The Labute approximate surface area is 111 Å². The maximum Gasteiger partial charge on any atom is 0.128 e. The topological polar surface area (TPSA) is 30.9 Å². The van der Waals surface area contributed by atoms with Gasteiger partial charge in [-0.05, 0) is 36.8 Å². The number of hydrogen-bond acceptors (Lipinski definition) is 1. The van der Waals surface area contributed by atoms with Crippen LogP contribution in [0.5, 0.6) is 0 Å². The molecule has 0 saturated heterocycles. The van der Waals surface area contributed by atoms with Crippen LogP contribution in [0.25, 0.3) is 0 Å². The first-order chi connectivity index (χ1) is 9.10. The molecule has 4 heteroatoms. The van der Waals surface area contributed by atoms with Crippen LogP contribution < -0.4 is 5.73 Å². The van der Waals surface area contributed by atoms with Gasteiger partial charge >= 0.3 is 0 Å². The second-order valence-electron chi connectivity index (χ2n) is 4.74. The summed E-state index contributed by atoms with van der Waals surface area (Å²) in [4.78, 5) is 0. The van der Waals surface area contributed by atoms with Crippen molar-refractivity contribution in [3.8, 4) is 0 Å². The van der Waals surface area contributed by atoms with Crippen molar-refractivity contribution in [2.45, 2.75) is 32.4 Å². The third kappa shape index (κ3) is 3.41. The van der Waals surface area contributed by atoms with Crippen molar-refractivity contribution in [1.29, 1.82) is 0 Å². The molecule has 0 spiro atoms. The minimum Gasteiger partial charge on any atom is -0.347 e. The summed E-state index contributed by atoms with van der Waals surface area (Å²) in [6.45, 7) is 2.35. The van der Waals surface area contributed by atoms with Gasteiger partial charge in [0.25, 0.3) is 0 Å². The van der Waals surface area contributed by atoms with E-state index in [1.165, 1.54) is 6.07 Å². The van der Waals surface area contributed by atoms with Gasteiger partial charge in [-0.25, -0.2) is 8.78 Å². The molecule has 1 aromatic heterocycles. The number of aromatic nitrogens is 1. The van der Waals surface area contributed by atoms with E-state index in [4.69, 9.17) is 5.73 Å². The maximum atomic E-state index is 13.6. The Morgan fingerprint density at radius 2 is 2.05 bits per heavy atom. The van der Waals surface area contributed by atoms with E-state index in [0.717, 1.165) is 30.7 Å². The Morgan fingerprint density at radius 3 is 2.79 bits per heavy atom. The average Bonchev–Trinajstić information content (AvgIpc) is 2.81. The van der Waals surface area contributed by atoms with Crippen LogP contribution in [0.2, 0.25) is 0 Å². The van der Waals surface area contributed by atoms with Crippen LogP contribution in [-0.4, -0.2) is 10.6 Å². The van der Waals surface area contributed by atoms with Crippen molar-refractivity contribution in [1.82, 2.24) is 4.57 Å². The molecule has 0 aliphatic carbocycles. The molecule has 2 nitrogen and oxygen atoms in total. The number of halogens is 2. The van der Waals surface area contributed by atoms with Crippen LogP contribution in [0.3, 0.4) is 0 Å². The summed E-state index contributed by atoms with van der Waals surface area (Å²) in [7, 11) is 0. The fourth-order valence-electron chi connectivity index (χ4n) is 2.05. The zero-order valence-corrected chi connectivity index (χ0v) is 10.9. The summed E-state index contributed by atoms with van der Waals surface area (Å²) in [6, 6.07) is 7.47. The third-order valence-electron chi connectivity index (χ3n) is 3.27. The predicted octanol–water partition coefficient (Wildman–Crippen LogP) is 3.09. The summed E-state index contributed by atoms with van der Waals surface area (Å²) in [5.74, 6) is -0.809. The summed E-state index contributed by atoms with van der Waals surface area (Å²) < 4.78 is 28.7. The Balaban J connectivity index is 2.19. The van der Waals surface area contributed by atoms with Gasteiger partial charge in [-0.15, -0.1) is 0 Å². The Hall–Kier alpha value is -1.68. The molecule has 1 heterocycles. The highest BCUT2D eigenvalue weighted by Gasteiger charge is 2.09. The Kier molecular flexibility index (Phi) is 4.32. The third-order valence-corrected chi connectivity index (χ3v) is 3.27. The monoisotopic (exact) mass is 264 g/mol. The van der Waals surface area contributed by atoms with E-state index in [-0.39, 0.29) is 11.9 Å². The lowest BCUT2D eigenvalue weighted by molar-refractivity contribution is 0.567. The first-order valence-corrected chi connectivity index (χ1v) is 6.43. The Morgan fingerprint density at radius 1 is 1.26 bits per heavy atom. The van der Waals surface area contributed by atoms with Gasteiger partial charge in [-0.1, -0.05) is 6.92 Å². The summed E-state index contributed by atoms with van der Waals surface area (Å²) in [6.07, 6.45) is 3.49.